The molecule has 1 saturated heterocycles. The maximum absolute atomic E-state index is 13.0. The SMILES string of the molecule is O=C(NC1CCC1)c1cc2c(C3CCCNC3)cc(-c3c(O)cccc3OCC3CC3)nc2[nH]c1=O. The van der Waals surface area contributed by atoms with Crippen molar-refractivity contribution in [3.05, 3.63) is 51.8 Å². The number of aromatic amines is 1. The number of benzene rings is 1. The van der Waals surface area contributed by atoms with Gasteiger partial charge in [0.05, 0.1) is 17.9 Å². The fraction of sp³-hybridized carbons (Fsp3) is 0.464. The standard InChI is InChI=1S/C28H32N4O4/c33-23-7-2-8-24(36-15-16-9-10-16)25(23)22-13-19(17-4-3-11-29-14-17)20-12-21(28(35)32-26(20)31-22)27(34)30-18-5-1-6-18/h2,7-8,12-13,16-18,29,33H,1,3-6,9-11,14-15H2,(H,30,34)(H,31,32,35). The van der Waals surface area contributed by atoms with Crippen LogP contribution in [0, 0.1) is 5.92 Å². The Kier molecular flexibility index (Phi) is 6.13. The third kappa shape index (κ3) is 4.57. The van der Waals surface area contributed by atoms with Gasteiger partial charge in [-0.1, -0.05) is 6.07 Å². The van der Waals surface area contributed by atoms with E-state index in [4.69, 9.17) is 9.72 Å². The van der Waals surface area contributed by atoms with Gasteiger partial charge in [-0.05, 0) is 93.2 Å². The topological polar surface area (TPSA) is 116 Å². The number of rotatable bonds is 7. The van der Waals surface area contributed by atoms with E-state index in [0.717, 1.165) is 56.1 Å². The predicted octanol–water partition coefficient (Wildman–Crippen LogP) is 3.83. The number of amides is 1. The number of nitrogens with one attached hydrogen (secondary N) is 3. The lowest BCUT2D eigenvalue weighted by atomic mass is 9.88. The van der Waals surface area contributed by atoms with Crippen LogP contribution in [0.15, 0.2) is 35.1 Å². The lowest BCUT2D eigenvalue weighted by Crippen LogP contribution is -2.41. The van der Waals surface area contributed by atoms with Gasteiger partial charge in [-0.2, -0.15) is 0 Å². The monoisotopic (exact) mass is 488 g/mol. The number of aromatic hydroxyl groups is 1. The van der Waals surface area contributed by atoms with Crippen molar-refractivity contribution >= 4 is 16.9 Å². The van der Waals surface area contributed by atoms with E-state index >= 15 is 0 Å². The first kappa shape index (κ1) is 23.0. The first-order valence-electron chi connectivity index (χ1n) is 13.1. The number of aromatic nitrogens is 2. The Balaban J connectivity index is 1.47. The average molecular weight is 489 g/mol. The minimum atomic E-state index is -0.459. The van der Waals surface area contributed by atoms with Crippen molar-refractivity contribution in [2.45, 2.75) is 56.9 Å². The summed E-state index contributed by atoms with van der Waals surface area (Å²) in [5, 5.41) is 18.0. The molecule has 0 spiro atoms. The Bertz CT molecular complexity index is 1350. The van der Waals surface area contributed by atoms with Crippen LogP contribution in [-0.2, 0) is 0 Å². The molecule has 1 unspecified atom stereocenters. The molecule has 6 rings (SSSR count). The molecule has 0 bridgehead atoms. The van der Waals surface area contributed by atoms with Crippen molar-refractivity contribution in [1.82, 2.24) is 20.6 Å². The second-order valence-electron chi connectivity index (χ2n) is 10.4. The Morgan fingerprint density at radius 2 is 2.00 bits per heavy atom. The molecule has 36 heavy (non-hydrogen) atoms. The molecule has 4 N–H and O–H groups in total. The summed E-state index contributed by atoms with van der Waals surface area (Å²) in [6.45, 7) is 2.38. The Morgan fingerprint density at radius 1 is 1.14 bits per heavy atom. The fourth-order valence-corrected chi connectivity index (χ4v) is 5.16. The van der Waals surface area contributed by atoms with Crippen molar-refractivity contribution in [2.75, 3.05) is 19.7 Å². The van der Waals surface area contributed by atoms with Gasteiger partial charge in [0.15, 0.2) is 0 Å². The van der Waals surface area contributed by atoms with Crippen molar-refractivity contribution < 1.29 is 14.6 Å². The first-order valence-corrected chi connectivity index (χ1v) is 13.1. The number of phenolic OH excluding ortho intramolecular Hbond substituents is 1. The third-order valence-corrected chi connectivity index (χ3v) is 7.71. The number of piperidine rings is 1. The molecule has 1 atom stereocenters. The van der Waals surface area contributed by atoms with E-state index in [-0.39, 0.29) is 29.2 Å². The highest BCUT2D eigenvalue weighted by Gasteiger charge is 2.27. The average Bonchev–Trinajstić information content (AvgIpc) is 3.69. The molecular weight excluding hydrogens is 456 g/mol. The zero-order chi connectivity index (χ0) is 24.6. The number of hydrogen-bond acceptors (Lipinski definition) is 6. The van der Waals surface area contributed by atoms with E-state index in [0.29, 0.717) is 35.2 Å². The van der Waals surface area contributed by atoms with Gasteiger partial charge in [0, 0.05) is 18.0 Å². The molecule has 188 valence electrons. The molecule has 3 aliphatic rings. The molecule has 2 aliphatic carbocycles. The number of pyridine rings is 2. The van der Waals surface area contributed by atoms with Crippen molar-refractivity contribution in [3.63, 3.8) is 0 Å². The minimum Gasteiger partial charge on any atom is -0.507 e. The van der Waals surface area contributed by atoms with Gasteiger partial charge >= 0.3 is 0 Å². The molecule has 1 amide bonds. The first-order chi connectivity index (χ1) is 17.6. The van der Waals surface area contributed by atoms with Crippen LogP contribution >= 0.6 is 0 Å². The van der Waals surface area contributed by atoms with E-state index in [1.54, 1.807) is 18.2 Å². The van der Waals surface area contributed by atoms with Crippen LogP contribution in [0.3, 0.4) is 0 Å². The summed E-state index contributed by atoms with van der Waals surface area (Å²) in [7, 11) is 0. The molecule has 8 nitrogen and oxygen atoms in total. The van der Waals surface area contributed by atoms with Gasteiger partial charge in [-0.25, -0.2) is 4.98 Å². The van der Waals surface area contributed by atoms with Crippen LogP contribution in [-0.4, -0.2) is 46.7 Å². The zero-order valence-electron chi connectivity index (χ0n) is 20.3. The van der Waals surface area contributed by atoms with Gasteiger partial charge in [-0.3, -0.25) is 9.59 Å². The number of hydrogen-bond donors (Lipinski definition) is 4. The van der Waals surface area contributed by atoms with Crippen molar-refractivity contribution in [2.24, 2.45) is 5.92 Å². The van der Waals surface area contributed by atoms with E-state index in [2.05, 4.69) is 15.6 Å². The van der Waals surface area contributed by atoms with Gasteiger partial charge in [0.1, 0.15) is 22.7 Å². The molecular formula is C28H32N4O4. The second-order valence-corrected chi connectivity index (χ2v) is 10.4. The molecule has 8 heteroatoms. The molecule has 3 fully saturated rings. The van der Waals surface area contributed by atoms with Crippen LogP contribution in [0.25, 0.3) is 22.3 Å². The molecule has 3 aromatic rings. The van der Waals surface area contributed by atoms with E-state index in [9.17, 15) is 14.7 Å². The van der Waals surface area contributed by atoms with Crippen molar-refractivity contribution in [3.8, 4) is 22.8 Å². The summed E-state index contributed by atoms with van der Waals surface area (Å²) >= 11 is 0. The summed E-state index contributed by atoms with van der Waals surface area (Å²) in [4.78, 5) is 33.5. The van der Waals surface area contributed by atoms with E-state index < -0.39 is 5.56 Å². The summed E-state index contributed by atoms with van der Waals surface area (Å²) in [6.07, 6.45) is 7.36. The number of carbonyl (C=O) groups is 1. The normalized spacial score (nSPS) is 20.2. The number of phenols is 1. The molecule has 1 aromatic carbocycles. The highest BCUT2D eigenvalue weighted by molar-refractivity contribution is 5.98. The smallest absolute Gasteiger partial charge is 0.262 e. The lowest BCUT2D eigenvalue weighted by molar-refractivity contribution is 0.0915. The molecule has 3 heterocycles. The van der Waals surface area contributed by atoms with Gasteiger partial charge in [0.2, 0.25) is 0 Å². The predicted molar refractivity (Wildman–Crippen MR) is 138 cm³/mol. The third-order valence-electron chi connectivity index (χ3n) is 7.71. The number of H-pyrrole nitrogens is 1. The summed E-state index contributed by atoms with van der Waals surface area (Å²) < 4.78 is 6.08. The summed E-state index contributed by atoms with van der Waals surface area (Å²) in [6, 6.07) is 9.07. The van der Waals surface area contributed by atoms with Gasteiger partial charge in [-0.15, -0.1) is 0 Å². The van der Waals surface area contributed by atoms with Crippen LogP contribution < -0.4 is 20.9 Å². The number of ether oxygens (including phenoxy) is 1. The van der Waals surface area contributed by atoms with E-state index in [1.165, 1.54) is 12.8 Å². The van der Waals surface area contributed by atoms with Crippen LogP contribution in [0.5, 0.6) is 11.5 Å². The summed E-state index contributed by atoms with van der Waals surface area (Å²) in [5.41, 5.74) is 2.15. The Morgan fingerprint density at radius 3 is 2.72 bits per heavy atom. The van der Waals surface area contributed by atoms with Crippen LogP contribution in [0.2, 0.25) is 0 Å². The fourth-order valence-electron chi connectivity index (χ4n) is 5.16. The number of nitrogens with zero attached hydrogens (tertiary/aromatic N) is 1. The number of carbonyl (C=O) groups excluding carboxylic acids is 1. The van der Waals surface area contributed by atoms with Crippen LogP contribution in [0.1, 0.15) is 66.8 Å². The van der Waals surface area contributed by atoms with E-state index in [1.807, 2.05) is 12.1 Å². The summed E-state index contributed by atoms with van der Waals surface area (Å²) in [5.74, 6) is 1.09. The molecule has 0 radical (unpaired) electrons. The maximum Gasteiger partial charge on any atom is 0.262 e. The quantitative estimate of drug-likeness (QED) is 0.402. The Hall–Kier alpha value is -3.39. The maximum atomic E-state index is 13.0. The highest BCUT2D eigenvalue weighted by atomic mass is 16.5. The largest absolute Gasteiger partial charge is 0.507 e. The zero-order valence-corrected chi connectivity index (χ0v) is 20.3. The minimum absolute atomic E-state index is 0.0849. The lowest BCUT2D eigenvalue weighted by Gasteiger charge is -2.26. The van der Waals surface area contributed by atoms with Crippen molar-refractivity contribution in [1.29, 1.82) is 0 Å². The van der Waals surface area contributed by atoms with Crippen LogP contribution in [0.4, 0.5) is 0 Å². The Labute approximate surface area is 209 Å². The van der Waals surface area contributed by atoms with Gasteiger partial charge < -0.3 is 25.5 Å². The highest BCUT2D eigenvalue weighted by Crippen LogP contribution is 2.41. The number of fused-ring (bicyclic) bond motifs is 1. The second kappa shape index (κ2) is 9.58. The molecule has 1 aliphatic heterocycles. The molecule has 2 aromatic heterocycles. The van der Waals surface area contributed by atoms with Gasteiger partial charge in [0.25, 0.3) is 11.5 Å². The molecule has 2 saturated carbocycles.